The number of nitrogens with two attached hydrogens (primary N) is 1. The van der Waals surface area contributed by atoms with Gasteiger partial charge in [0.05, 0.1) is 6.67 Å². The molecule has 8 nitrogen and oxygen atoms in total. The minimum atomic E-state index is -0.310. The normalized spacial score (nSPS) is 11.5. The summed E-state index contributed by atoms with van der Waals surface area (Å²) in [5, 5.41) is 0. The maximum Gasteiger partial charge on any atom is 0.332 e. The van der Waals surface area contributed by atoms with Crippen molar-refractivity contribution in [3.8, 4) is 0 Å². The summed E-state index contributed by atoms with van der Waals surface area (Å²) >= 11 is 0. The molecule has 0 amide bonds. The van der Waals surface area contributed by atoms with E-state index in [0.717, 1.165) is 17.0 Å². The fraction of sp³-hybridized carbons (Fsp3) is 0.346. The fourth-order valence-corrected chi connectivity index (χ4v) is 4.23. The smallest absolute Gasteiger partial charge is 0.332 e. The van der Waals surface area contributed by atoms with E-state index in [-0.39, 0.29) is 11.2 Å². The highest BCUT2D eigenvalue weighted by atomic mass is 16.2. The van der Waals surface area contributed by atoms with Crippen LogP contribution in [-0.4, -0.2) is 37.7 Å². The third-order valence-electron chi connectivity index (χ3n) is 5.87. The van der Waals surface area contributed by atoms with E-state index in [1.807, 2.05) is 85.1 Å². The zero-order valence-corrected chi connectivity index (χ0v) is 20.1. The standard InChI is InChI=1S/C26H32N6O2/c1-4-15-31-25(33)23-24(30(26(31)34)16-14-19-10-12-21(27)13-11-19)28-22(32(23)18-29(2)3)17-20-8-6-5-7-9-20/h5-13H,4,14-18,27H2,1-3H3. The topological polar surface area (TPSA) is 91.1 Å². The fourth-order valence-electron chi connectivity index (χ4n) is 4.23. The highest BCUT2D eigenvalue weighted by Crippen LogP contribution is 2.17. The molecule has 0 saturated carbocycles. The summed E-state index contributed by atoms with van der Waals surface area (Å²) in [6.45, 7) is 3.26. The lowest BCUT2D eigenvalue weighted by Crippen LogP contribution is -2.41. The molecule has 0 radical (unpaired) electrons. The van der Waals surface area contributed by atoms with Gasteiger partial charge in [-0.3, -0.25) is 18.8 Å². The van der Waals surface area contributed by atoms with Crippen LogP contribution >= 0.6 is 0 Å². The van der Waals surface area contributed by atoms with Gasteiger partial charge in [0.25, 0.3) is 5.56 Å². The molecule has 8 heteroatoms. The first-order valence-electron chi connectivity index (χ1n) is 11.6. The first kappa shape index (κ1) is 23.5. The molecule has 0 aliphatic carbocycles. The summed E-state index contributed by atoms with van der Waals surface area (Å²) < 4.78 is 4.96. The Bertz CT molecular complexity index is 1380. The molecule has 4 aromatic rings. The molecule has 178 valence electrons. The van der Waals surface area contributed by atoms with E-state index in [1.54, 1.807) is 4.57 Å². The summed E-state index contributed by atoms with van der Waals surface area (Å²) in [4.78, 5) is 33.8. The monoisotopic (exact) mass is 460 g/mol. The molecule has 0 bridgehead atoms. The van der Waals surface area contributed by atoms with Crippen LogP contribution in [0.2, 0.25) is 0 Å². The van der Waals surface area contributed by atoms with Crippen LogP contribution in [0.15, 0.2) is 64.2 Å². The number of aryl methyl sites for hydroxylation is 2. The lowest BCUT2D eigenvalue weighted by molar-refractivity contribution is 0.326. The SMILES string of the molecule is CCCn1c(=O)c2c(nc(Cc3ccccc3)n2CN(C)C)n(CCc2ccc(N)cc2)c1=O. The first-order valence-corrected chi connectivity index (χ1v) is 11.6. The van der Waals surface area contributed by atoms with Gasteiger partial charge in [-0.25, -0.2) is 9.78 Å². The van der Waals surface area contributed by atoms with Gasteiger partial charge in [0.15, 0.2) is 11.2 Å². The lowest BCUT2D eigenvalue weighted by atomic mass is 10.1. The molecule has 34 heavy (non-hydrogen) atoms. The quantitative estimate of drug-likeness (QED) is 0.388. The Morgan fingerprint density at radius 2 is 1.59 bits per heavy atom. The summed E-state index contributed by atoms with van der Waals surface area (Å²) in [6.07, 6.45) is 1.90. The van der Waals surface area contributed by atoms with Gasteiger partial charge in [0, 0.05) is 25.2 Å². The van der Waals surface area contributed by atoms with Crippen molar-refractivity contribution in [3.05, 3.63) is 92.4 Å². The number of fused-ring (bicyclic) bond motifs is 1. The molecular weight excluding hydrogens is 428 g/mol. The number of anilines is 1. The summed E-state index contributed by atoms with van der Waals surface area (Å²) in [6, 6.07) is 17.7. The van der Waals surface area contributed by atoms with Crippen molar-refractivity contribution in [1.29, 1.82) is 0 Å². The number of aromatic nitrogens is 4. The van der Waals surface area contributed by atoms with Crippen LogP contribution in [0, 0.1) is 0 Å². The Morgan fingerprint density at radius 1 is 0.882 bits per heavy atom. The van der Waals surface area contributed by atoms with Crippen molar-refractivity contribution < 1.29 is 0 Å². The summed E-state index contributed by atoms with van der Waals surface area (Å²) in [5.74, 6) is 0.766. The van der Waals surface area contributed by atoms with Crippen molar-refractivity contribution in [2.45, 2.75) is 45.9 Å². The van der Waals surface area contributed by atoms with Crippen LogP contribution in [-0.2, 0) is 32.6 Å². The number of hydrogen-bond donors (Lipinski definition) is 1. The molecule has 2 aromatic heterocycles. The number of hydrogen-bond acceptors (Lipinski definition) is 5. The van der Waals surface area contributed by atoms with Gasteiger partial charge in [-0.15, -0.1) is 0 Å². The predicted octanol–water partition coefficient (Wildman–Crippen LogP) is 2.70. The number of nitrogen functional groups attached to an aromatic ring is 1. The molecule has 0 fully saturated rings. The molecular formula is C26H32N6O2. The van der Waals surface area contributed by atoms with Gasteiger partial charge in [-0.2, -0.15) is 0 Å². The second kappa shape index (κ2) is 10.1. The third kappa shape index (κ3) is 4.82. The molecule has 0 aliphatic heterocycles. The minimum absolute atomic E-state index is 0.278. The van der Waals surface area contributed by atoms with Gasteiger partial charge in [-0.05, 0) is 50.2 Å². The van der Waals surface area contributed by atoms with Gasteiger partial charge < -0.3 is 10.3 Å². The molecule has 0 spiro atoms. The Morgan fingerprint density at radius 3 is 2.24 bits per heavy atom. The Balaban J connectivity index is 1.89. The molecule has 0 atom stereocenters. The van der Waals surface area contributed by atoms with E-state index in [2.05, 4.69) is 0 Å². The van der Waals surface area contributed by atoms with E-state index in [4.69, 9.17) is 10.7 Å². The van der Waals surface area contributed by atoms with Crippen LogP contribution < -0.4 is 17.0 Å². The largest absolute Gasteiger partial charge is 0.399 e. The second-order valence-corrected chi connectivity index (χ2v) is 8.89. The number of benzene rings is 2. The van der Waals surface area contributed by atoms with Gasteiger partial charge >= 0.3 is 5.69 Å². The first-order chi connectivity index (χ1) is 16.4. The molecule has 2 heterocycles. The minimum Gasteiger partial charge on any atom is -0.399 e. The van der Waals surface area contributed by atoms with Crippen LogP contribution in [0.25, 0.3) is 11.2 Å². The highest BCUT2D eigenvalue weighted by molar-refractivity contribution is 5.71. The predicted molar refractivity (Wildman–Crippen MR) is 136 cm³/mol. The van der Waals surface area contributed by atoms with Crippen molar-refractivity contribution >= 4 is 16.9 Å². The highest BCUT2D eigenvalue weighted by Gasteiger charge is 2.22. The average Bonchev–Trinajstić information content (AvgIpc) is 3.15. The van der Waals surface area contributed by atoms with Gasteiger partial charge in [0.1, 0.15) is 5.82 Å². The summed E-state index contributed by atoms with van der Waals surface area (Å²) in [7, 11) is 3.92. The van der Waals surface area contributed by atoms with Gasteiger partial charge in [-0.1, -0.05) is 49.4 Å². The number of nitrogens with zero attached hydrogens (tertiary/aromatic N) is 5. The number of imidazole rings is 1. The van der Waals surface area contributed by atoms with Crippen molar-refractivity contribution in [2.75, 3.05) is 19.8 Å². The Kier molecular flexibility index (Phi) is 6.98. The van der Waals surface area contributed by atoms with E-state index in [0.29, 0.717) is 55.9 Å². The van der Waals surface area contributed by atoms with Crippen molar-refractivity contribution in [3.63, 3.8) is 0 Å². The zero-order valence-electron chi connectivity index (χ0n) is 20.1. The van der Waals surface area contributed by atoms with E-state index >= 15 is 0 Å². The summed E-state index contributed by atoms with van der Waals surface area (Å²) in [5.41, 5.74) is 9.02. The van der Waals surface area contributed by atoms with E-state index in [1.165, 1.54) is 4.57 Å². The third-order valence-corrected chi connectivity index (χ3v) is 5.87. The molecule has 2 N–H and O–H groups in total. The van der Waals surface area contributed by atoms with Crippen LogP contribution in [0.5, 0.6) is 0 Å². The average molecular weight is 461 g/mol. The van der Waals surface area contributed by atoms with Crippen molar-refractivity contribution in [1.82, 2.24) is 23.6 Å². The Hall–Kier alpha value is -3.65. The molecule has 4 rings (SSSR count). The maximum atomic E-state index is 13.5. The zero-order chi connectivity index (χ0) is 24.2. The lowest BCUT2D eigenvalue weighted by Gasteiger charge is -2.16. The van der Waals surface area contributed by atoms with Crippen LogP contribution in [0.1, 0.15) is 30.3 Å². The molecule has 0 aliphatic rings. The number of rotatable bonds is 9. The maximum absolute atomic E-state index is 13.5. The van der Waals surface area contributed by atoms with Gasteiger partial charge in [0.2, 0.25) is 0 Å². The second-order valence-electron chi connectivity index (χ2n) is 8.89. The molecule has 0 saturated heterocycles. The van der Waals surface area contributed by atoms with Crippen LogP contribution in [0.4, 0.5) is 5.69 Å². The molecule has 2 aromatic carbocycles. The van der Waals surface area contributed by atoms with Crippen molar-refractivity contribution in [2.24, 2.45) is 0 Å². The van der Waals surface area contributed by atoms with Crippen LogP contribution in [0.3, 0.4) is 0 Å². The van der Waals surface area contributed by atoms with E-state index in [9.17, 15) is 9.59 Å². The Labute approximate surface area is 198 Å². The molecule has 0 unspecified atom stereocenters. The van der Waals surface area contributed by atoms with E-state index < -0.39 is 0 Å².